The smallest absolute Gasteiger partial charge is 0.337 e. The minimum Gasteiger partial charge on any atom is -0.490 e. The van der Waals surface area contributed by atoms with Crippen LogP contribution in [0.15, 0.2) is 30.3 Å². The Morgan fingerprint density at radius 3 is 2.34 bits per heavy atom. The van der Waals surface area contributed by atoms with Gasteiger partial charge in [0.15, 0.2) is 6.10 Å². The van der Waals surface area contributed by atoms with Crippen molar-refractivity contribution in [2.24, 2.45) is 0 Å². The summed E-state index contributed by atoms with van der Waals surface area (Å²) in [6.45, 7) is 13.5. The van der Waals surface area contributed by atoms with E-state index in [4.69, 9.17) is 9.47 Å². The molecule has 0 aliphatic carbocycles. The van der Waals surface area contributed by atoms with E-state index in [-0.39, 0.29) is 5.69 Å². The van der Waals surface area contributed by atoms with Gasteiger partial charge in [0.25, 0.3) is 0 Å². The highest BCUT2D eigenvalue weighted by atomic mass is 32.2. The van der Waals surface area contributed by atoms with Crippen LogP contribution in [0, 0.1) is 33.5 Å². The zero-order valence-corrected chi connectivity index (χ0v) is 25.5. The van der Waals surface area contributed by atoms with E-state index in [9.17, 15) is 22.7 Å². The zero-order valence-electron chi connectivity index (χ0n) is 24.7. The van der Waals surface area contributed by atoms with E-state index < -0.39 is 33.5 Å². The van der Waals surface area contributed by atoms with Gasteiger partial charge < -0.3 is 19.9 Å². The highest BCUT2D eigenvalue weighted by Gasteiger charge is 2.35. The summed E-state index contributed by atoms with van der Waals surface area (Å²) >= 11 is 0. The number of anilines is 2. The van der Waals surface area contributed by atoms with Crippen molar-refractivity contribution in [2.75, 3.05) is 29.4 Å². The average Bonchev–Trinajstić information content (AvgIpc) is 2.86. The molecular weight excluding hydrogens is 547 g/mol. The predicted molar refractivity (Wildman–Crippen MR) is 160 cm³/mol. The van der Waals surface area contributed by atoms with E-state index >= 15 is 0 Å². The van der Waals surface area contributed by atoms with Crippen molar-refractivity contribution in [2.45, 2.75) is 60.2 Å². The van der Waals surface area contributed by atoms with Gasteiger partial charge in [0, 0.05) is 17.7 Å². The van der Waals surface area contributed by atoms with E-state index in [0.29, 0.717) is 57.8 Å². The second kappa shape index (κ2) is 11.0. The Bertz CT molecular complexity index is 1640. The number of rotatable bonds is 7. The molecule has 3 N–H and O–H groups in total. The number of ether oxygens (including phenoxy) is 2. The molecule has 0 amide bonds. The Morgan fingerprint density at radius 1 is 1.07 bits per heavy atom. The average molecular weight is 585 g/mol. The van der Waals surface area contributed by atoms with Gasteiger partial charge in [0.2, 0.25) is 10.0 Å². The van der Waals surface area contributed by atoms with Crippen LogP contribution in [-0.4, -0.2) is 44.5 Å². The van der Waals surface area contributed by atoms with Gasteiger partial charge in [0.05, 0.1) is 23.2 Å². The van der Waals surface area contributed by atoms with E-state index in [2.05, 4.69) is 10.0 Å². The van der Waals surface area contributed by atoms with Crippen LogP contribution in [-0.2, 0) is 19.6 Å². The molecule has 0 spiro atoms. The maximum absolute atomic E-state index is 14.3. The number of aliphatic carboxylic acids is 1. The SMILES string of the molecule is Cc1cc(-c2c(C)c(-c3ccc4c(c3C)NCCO4)c([C@H](OC(C)(C)C)C(=O)O)c(C)c2NS(C)(=O)=O)ccc1F. The fourth-order valence-corrected chi connectivity index (χ4v) is 6.02. The number of carboxylic acid groups (broad SMARTS) is 1. The third-order valence-corrected chi connectivity index (χ3v) is 7.67. The first-order chi connectivity index (χ1) is 19.0. The van der Waals surface area contributed by atoms with Crippen molar-refractivity contribution in [1.82, 2.24) is 0 Å². The van der Waals surface area contributed by atoms with Crippen LogP contribution in [0.3, 0.4) is 0 Å². The summed E-state index contributed by atoms with van der Waals surface area (Å²) in [5.74, 6) is -0.908. The number of fused-ring (bicyclic) bond motifs is 1. The van der Waals surface area contributed by atoms with E-state index in [0.717, 1.165) is 23.1 Å². The molecule has 4 rings (SSSR count). The van der Waals surface area contributed by atoms with Crippen LogP contribution >= 0.6 is 0 Å². The van der Waals surface area contributed by atoms with Crippen LogP contribution in [0.1, 0.15) is 54.7 Å². The molecule has 0 radical (unpaired) electrons. The van der Waals surface area contributed by atoms with Crippen molar-refractivity contribution in [1.29, 1.82) is 0 Å². The quantitative estimate of drug-likeness (QED) is 0.290. The lowest BCUT2D eigenvalue weighted by atomic mass is 9.81. The van der Waals surface area contributed by atoms with Crippen LogP contribution < -0.4 is 14.8 Å². The first kappa shape index (κ1) is 30.3. The lowest BCUT2D eigenvalue weighted by molar-refractivity contribution is -0.160. The molecule has 10 heteroatoms. The number of hydrogen-bond donors (Lipinski definition) is 3. The number of nitrogens with one attached hydrogen (secondary N) is 2. The highest BCUT2D eigenvalue weighted by Crippen LogP contribution is 2.49. The van der Waals surface area contributed by atoms with Gasteiger partial charge in [-0.25, -0.2) is 17.6 Å². The minimum atomic E-state index is -3.80. The van der Waals surface area contributed by atoms with Crippen molar-refractivity contribution >= 4 is 27.4 Å². The number of halogens is 1. The second-order valence-corrected chi connectivity index (χ2v) is 13.2. The lowest BCUT2D eigenvalue weighted by Gasteiger charge is -2.32. The van der Waals surface area contributed by atoms with Crippen LogP contribution in [0.25, 0.3) is 22.3 Å². The summed E-state index contributed by atoms with van der Waals surface area (Å²) in [7, 11) is -3.80. The molecule has 3 aromatic carbocycles. The zero-order chi connectivity index (χ0) is 30.4. The summed E-state index contributed by atoms with van der Waals surface area (Å²) in [4.78, 5) is 12.8. The van der Waals surface area contributed by atoms with Gasteiger partial charge in [-0.3, -0.25) is 4.72 Å². The molecule has 41 heavy (non-hydrogen) atoms. The summed E-state index contributed by atoms with van der Waals surface area (Å²) in [5, 5.41) is 13.9. The van der Waals surface area contributed by atoms with Gasteiger partial charge in [-0.15, -0.1) is 0 Å². The number of benzene rings is 3. The molecule has 1 heterocycles. The molecule has 8 nitrogen and oxygen atoms in total. The van der Waals surface area contributed by atoms with E-state index in [1.165, 1.54) is 6.07 Å². The van der Waals surface area contributed by atoms with Crippen molar-refractivity contribution in [3.8, 4) is 28.0 Å². The second-order valence-electron chi connectivity index (χ2n) is 11.5. The van der Waals surface area contributed by atoms with Gasteiger partial charge >= 0.3 is 5.97 Å². The lowest BCUT2D eigenvalue weighted by Crippen LogP contribution is -2.29. The number of carbonyl (C=O) groups is 1. The number of hydrogen-bond acceptors (Lipinski definition) is 6. The van der Waals surface area contributed by atoms with E-state index in [1.807, 2.05) is 26.0 Å². The third-order valence-electron chi connectivity index (χ3n) is 7.10. The fourth-order valence-electron chi connectivity index (χ4n) is 5.39. The molecule has 220 valence electrons. The Hall–Kier alpha value is -3.63. The third kappa shape index (κ3) is 6.18. The van der Waals surface area contributed by atoms with Gasteiger partial charge in [-0.2, -0.15) is 0 Å². The topological polar surface area (TPSA) is 114 Å². The Kier molecular flexibility index (Phi) is 8.12. The molecule has 0 aromatic heterocycles. The highest BCUT2D eigenvalue weighted by molar-refractivity contribution is 7.92. The molecule has 0 fully saturated rings. The number of sulfonamides is 1. The van der Waals surface area contributed by atoms with Crippen LogP contribution in [0.2, 0.25) is 0 Å². The minimum absolute atomic E-state index is 0.218. The standard InChI is InChI=1S/C31H37FN2O6S/c1-16-15-20(9-11-22(16)32)24-18(3)25(21-10-12-23-27(17(21)2)33-13-14-39-23)26(19(4)28(24)34-41(8,37)38)29(30(35)36)40-31(5,6)7/h9-12,15,29,33-34H,13-14H2,1-8H3,(H,35,36)/t29-/m0/s1. The van der Waals surface area contributed by atoms with Gasteiger partial charge in [0.1, 0.15) is 18.2 Å². The summed E-state index contributed by atoms with van der Waals surface area (Å²) in [5.41, 5.74) is 5.22. The molecule has 3 aromatic rings. The molecule has 0 saturated heterocycles. The number of carboxylic acids is 1. The Labute approximate surface area is 240 Å². The molecular formula is C31H37FN2O6S. The normalized spacial score (nSPS) is 14.1. The molecule has 1 aliphatic rings. The summed E-state index contributed by atoms with van der Waals surface area (Å²) in [6, 6.07) is 8.31. The monoisotopic (exact) mass is 584 g/mol. The van der Waals surface area contributed by atoms with Gasteiger partial charge in [-0.1, -0.05) is 12.1 Å². The van der Waals surface area contributed by atoms with Crippen molar-refractivity contribution < 1.29 is 32.2 Å². The molecule has 0 unspecified atom stereocenters. The Balaban J connectivity index is 2.21. The number of aryl methyl sites for hydroxylation is 1. The largest absolute Gasteiger partial charge is 0.490 e. The molecule has 1 atom stereocenters. The van der Waals surface area contributed by atoms with Crippen molar-refractivity contribution in [3.05, 3.63) is 64.0 Å². The van der Waals surface area contributed by atoms with E-state index in [1.54, 1.807) is 46.8 Å². The molecule has 0 saturated carbocycles. The summed E-state index contributed by atoms with van der Waals surface area (Å²) in [6.07, 6.45) is -0.387. The fraction of sp³-hybridized carbons (Fsp3) is 0.387. The first-order valence-corrected chi connectivity index (χ1v) is 15.2. The van der Waals surface area contributed by atoms with Crippen molar-refractivity contribution in [3.63, 3.8) is 0 Å². The van der Waals surface area contributed by atoms with Gasteiger partial charge in [-0.05, 0) is 106 Å². The van der Waals surface area contributed by atoms with Crippen LogP contribution in [0.5, 0.6) is 5.75 Å². The maximum Gasteiger partial charge on any atom is 0.337 e. The first-order valence-electron chi connectivity index (χ1n) is 13.3. The Morgan fingerprint density at radius 2 is 1.76 bits per heavy atom. The molecule has 1 aliphatic heterocycles. The summed E-state index contributed by atoms with van der Waals surface area (Å²) < 4.78 is 54.2. The van der Waals surface area contributed by atoms with Crippen LogP contribution in [0.4, 0.5) is 15.8 Å². The molecule has 0 bridgehead atoms. The predicted octanol–water partition coefficient (Wildman–Crippen LogP) is 6.51. The maximum atomic E-state index is 14.3.